The van der Waals surface area contributed by atoms with Gasteiger partial charge in [-0.25, -0.2) is 10.2 Å². The average molecular weight is 588 g/mol. The highest BCUT2D eigenvalue weighted by atomic mass is 35.5. The van der Waals surface area contributed by atoms with Crippen LogP contribution in [0.4, 0.5) is 0 Å². The minimum absolute atomic E-state index is 0.147. The van der Waals surface area contributed by atoms with Gasteiger partial charge >= 0.3 is 5.97 Å². The highest BCUT2D eigenvalue weighted by Crippen LogP contribution is 2.37. The number of ether oxygens (including phenoxy) is 1. The maximum absolute atomic E-state index is 13.3. The van der Waals surface area contributed by atoms with E-state index >= 15 is 0 Å². The zero-order valence-electron chi connectivity index (χ0n) is 20.4. The third kappa shape index (κ3) is 5.42. The number of aromatic nitrogens is 1. The molecule has 0 aliphatic carbocycles. The number of benzene rings is 4. The number of aromatic amines is 1. The Morgan fingerprint density at radius 3 is 2.48 bits per heavy atom. The van der Waals surface area contributed by atoms with Crippen LogP contribution in [0.2, 0.25) is 15.1 Å². The zero-order valence-corrected chi connectivity index (χ0v) is 22.7. The maximum atomic E-state index is 13.3. The second kappa shape index (κ2) is 11.6. The van der Waals surface area contributed by atoms with Crippen LogP contribution in [0.15, 0.2) is 90.0 Å². The quantitative estimate of drug-likeness (QED) is 0.0920. The number of fused-ring (bicyclic) bond motifs is 1. The first-order chi connectivity index (χ1) is 19.4. The van der Waals surface area contributed by atoms with Crippen molar-refractivity contribution in [2.75, 3.05) is 0 Å². The molecule has 0 spiro atoms. The van der Waals surface area contributed by atoms with Crippen LogP contribution in [0.25, 0.3) is 22.0 Å². The number of hydrazone groups is 1. The minimum atomic E-state index is -0.678. The van der Waals surface area contributed by atoms with Crippen LogP contribution in [0.1, 0.15) is 32.0 Å². The van der Waals surface area contributed by atoms with Crippen molar-refractivity contribution >= 4 is 63.8 Å². The van der Waals surface area contributed by atoms with Gasteiger partial charge in [0, 0.05) is 32.1 Å². The van der Waals surface area contributed by atoms with Gasteiger partial charge in [-0.2, -0.15) is 10.4 Å². The number of hydrogen-bond donors (Lipinski definition) is 2. The van der Waals surface area contributed by atoms with E-state index in [2.05, 4.69) is 21.6 Å². The number of para-hydroxylation sites is 2. The molecule has 10 heteroatoms. The minimum Gasteiger partial charge on any atom is -0.422 e. The molecule has 196 valence electrons. The Labute approximate surface area is 243 Å². The number of carbonyl (C=O) groups excluding carboxylic acids is 2. The van der Waals surface area contributed by atoms with E-state index in [4.69, 9.17) is 39.5 Å². The lowest BCUT2D eigenvalue weighted by molar-refractivity contribution is 0.0734. The van der Waals surface area contributed by atoms with Crippen molar-refractivity contribution in [3.63, 3.8) is 0 Å². The van der Waals surface area contributed by atoms with E-state index < -0.39 is 11.9 Å². The first kappa shape index (κ1) is 27.0. The molecule has 0 saturated carbocycles. The molecule has 1 aromatic heterocycles. The molecular weight excluding hydrogens is 571 g/mol. The number of hydrogen-bond acceptors (Lipinski definition) is 5. The van der Waals surface area contributed by atoms with Crippen molar-refractivity contribution in [1.82, 2.24) is 10.4 Å². The van der Waals surface area contributed by atoms with Crippen LogP contribution in [0.5, 0.6) is 5.75 Å². The standard InChI is InChI=1S/C30H17Cl3N4O3/c31-19-12-13-21(24(33)14-19)30(39)40-25-11-4-1-6-18(25)16-35-37-29(38)28-26(20-8-2-3-10-23(20)32)22-9-5-7-17(15-34)27(22)36-28/h1-14,16,36H,(H,37,38). The van der Waals surface area contributed by atoms with Gasteiger partial charge in [-0.1, -0.05) is 77.3 Å². The van der Waals surface area contributed by atoms with Gasteiger partial charge in [0.05, 0.1) is 27.9 Å². The lowest BCUT2D eigenvalue weighted by Gasteiger charge is -2.09. The van der Waals surface area contributed by atoms with Gasteiger partial charge in [0.2, 0.25) is 0 Å². The number of rotatable bonds is 6. The van der Waals surface area contributed by atoms with Gasteiger partial charge in [0.1, 0.15) is 17.5 Å². The molecule has 1 heterocycles. The number of nitriles is 1. The molecule has 0 saturated heterocycles. The maximum Gasteiger partial charge on any atom is 0.345 e. The van der Waals surface area contributed by atoms with E-state index in [1.54, 1.807) is 54.6 Å². The smallest absolute Gasteiger partial charge is 0.345 e. The summed E-state index contributed by atoms with van der Waals surface area (Å²) in [7, 11) is 0. The highest BCUT2D eigenvalue weighted by molar-refractivity contribution is 6.36. The molecule has 1 amide bonds. The molecule has 7 nitrogen and oxygen atoms in total. The summed E-state index contributed by atoms with van der Waals surface area (Å²) in [5.41, 5.74) is 5.30. The largest absolute Gasteiger partial charge is 0.422 e. The Kier molecular flexibility index (Phi) is 7.85. The molecule has 0 bridgehead atoms. The van der Waals surface area contributed by atoms with Crippen LogP contribution in [0.3, 0.4) is 0 Å². The SMILES string of the molecule is N#Cc1cccc2c(-c3ccccc3Cl)c(C(=O)NN=Cc3ccccc3OC(=O)c3ccc(Cl)cc3Cl)[nH]c12. The Balaban J connectivity index is 1.43. The predicted octanol–water partition coefficient (Wildman–Crippen LogP) is 7.65. The van der Waals surface area contributed by atoms with E-state index in [0.717, 1.165) is 0 Å². The van der Waals surface area contributed by atoms with Crippen LogP contribution >= 0.6 is 34.8 Å². The van der Waals surface area contributed by atoms with Crippen LogP contribution < -0.4 is 10.2 Å². The molecule has 0 aliphatic heterocycles. The summed E-state index contributed by atoms with van der Waals surface area (Å²) in [6.07, 6.45) is 1.35. The zero-order chi connectivity index (χ0) is 28.2. The fourth-order valence-corrected chi connectivity index (χ4v) is 4.85. The van der Waals surface area contributed by atoms with E-state index in [1.165, 1.54) is 24.4 Å². The second-order valence-electron chi connectivity index (χ2n) is 8.45. The highest BCUT2D eigenvalue weighted by Gasteiger charge is 2.22. The van der Waals surface area contributed by atoms with Gasteiger partial charge in [-0.3, -0.25) is 4.79 Å². The summed E-state index contributed by atoms with van der Waals surface area (Å²) in [5.74, 6) is -1.03. The van der Waals surface area contributed by atoms with E-state index in [9.17, 15) is 14.9 Å². The fraction of sp³-hybridized carbons (Fsp3) is 0. The van der Waals surface area contributed by atoms with Crippen molar-refractivity contribution in [3.05, 3.63) is 122 Å². The van der Waals surface area contributed by atoms with Gasteiger partial charge in [0.15, 0.2) is 0 Å². The molecule has 5 rings (SSSR count). The van der Waals surface area contributed by atoms with Crippen molar-refractivity contribution in [2.45, 2.75) is 0 Å². The molecular formula is C30H17Cl3N4O3. The predicted molar refractivity (Wildman–Crippen MR) is 156 cm³/mol. The van der Waals surface area contributed by atoms with Crippen molar-refractivity contribution in [1.29, 1.82) is 5.26 Å². The molecule has 0 unspecified atom stereocenters. The first-order valence-corrected chi connectivity index (χ1v) is 12.9. The third-order valence-electron chi connectivity index (χ3n) is 5.97. The fourth-order valence-electron chi connectivity index (χ4n) is 4.13. The number of carbonyl (C=O) groups is 2. The molecule has 0 fully saturated rings. The number of halogens is 3. The number of nitrogens with one attached hydrogen (secondary N) is 2. The molecule has 0 radical (unpaired) electrons. The Bertz CT molecular complexity index is 1860. The lowest BCUT2D eigenvalue weighted by atomic mass is 10.0. The summed E-state index contributed by atoms with van der Waals surface area (Å²) >= 11 is 18.5. The number of amides is 1. The van der Waals surface area contributed by atoms with Gasteiger partial charge in [0.25, 0.3) is 5.91 Å². The second-order valence-corrected chi connectivity index (χ2v) is 9.70. The summed E-state index contributed by atoms with van der Waals surface area (Å²) < 4.78 is 5.53. The van der Waals surface area contributed by atoms with Crippen molar-refractivity contribution < 1.29 is 14.3 Å². The van der Waals surface area contributed by atoms with Crippen LogP contribution in [0, 0.1) is 11.3 Å². The Morgan fingerprint density at radius 2 is 1.70 bits per heavy atom. The molecule has 0 aliphatic rings. The number of H-pyrrole nitrogens is 1. The lowest BCUT2D eigenvalue weighted by Crippen LogP contribution is -2.19. The van der Waals surface area contributed by atoms with Gasteiger partial charge in [-0.15, -0.1) is 0 Å². The normalized spacial score (nSPS) is 10.9. The summed E-state index contributed by atoms with van der Waals surface area (Å²) in [5, 5.41) is 15.3. The van der Waals surface area contributed by atoms with E-state index in [-0.39, 0.29) is 22.0 Å². The summed E-state index contributed by atoms with van der Waals surface area (Å²) in [6, 6.07) is 25.6. The molecule has 4 aromatic carbocycles. The molecule has 40 heavy (non-hydrogen) atoms. The van der Waals surface area contributed by atoms with Crippen molar-refractivity contribution in [2.24, 2.45) is 5.10 Å². The summed E-state index contributed by atoms with van der Waals surface area (Å²) in [4.78, 5) is 29.1. The Morgan fingerprint density at radius 1 is 0.925 bits per heavy atom. The van der Waals surface area contributed by atoms with Crippen molar-refractivity contribution in [3.8, 4) is 22.9 Å². The van der Waals surface area contributed by atoms with Gasteiger partial charge in [-0.05, 0) is 42.5 Å². The molecule has 5 aromatic rings. The first-order valence-electron chi connectivity index (χ1n) is 11.8. The molecule has 2 N–H and O–H groups in total. The van der Waals surface area contributed by atoms with Crippen LogP contribution in [-0.2, 0) is 0 Å². The topological polar surface area (TPSA) is 107 Å². The number of esters is 1. The number of nitrogens with zero attached hydrogens (tertiary/aromatic N) is 2. The van der Waals surface area contributed by atoms with E-state index in [0.29, 0.717) is 43.2 Å². The van der Waals surface area contributed by atoms with Gasteiger partial charge < -0.3 is 9.72 Å². The van der Waals surface area contributed by atoms with Crippen LogP contribution in [-0.4, -0.2) is 23.1 Å². The average Bonchev–Trinajstić information content (AvgIpc) is 3.34. The third-order valence-corrected chi connectivity index (χ3v) is 6.84. The Hall–Kier alpha value is -4.61. The van der Waals surface area contributed by atoms with E-state index in [1.807, 2.05) is 12.1 Å². The molecule has 0 atom stereocenters. The monoisotopic (exact) mass is 586 g/mol. The summed E-state index contributed by atoms with van der Waals surface area (Å²) in [6.45, 7) is 0.